The number of halogens is 1. The highest BCUT2D eigenvalue weighted by Gasteiger charge is 2.18. The van der Waals surface area contributed by atoms with Gasteiger partial charge in [-0.3, -0.25) is 4.79 Å². The third-order valence-corrected chi connectivity index (χ3v) is 3.84. The lowest BCUT2D eigenvalue weighted by Gasteiger charge is -2.13. The van der Waals surface area contributed by atoms with Crippen molar-refractivity contribution in [3.8, 4) is 0 Å². The first-order chi connectivity index (χ1) is 9.54. The molecule has 2 aromatic rings. The minimum Gasteiger partial charge on any atom is -0.481 e. The van der Waals surface area contributed by atoms with Crippen LogP contribution in [-0.4, -0.2) is 11.1 Å². The van der Waals surface area contributed by atoms with E-state index in [0.717, 1.165) is 21.2 Å². The number of aliphatic carboxylic acids is 1. The molecule has 1 atom stereocenters. The molecule has 1 unspecified atom stereocenters. The maximum atomic E-state index is 11.5. The van der Waals surface area contributed by atoms with Gasteiger partial charge in [0.25, 0.3) is 0 Å². The maximum Gasteiger partial charge on any atom is 0.307 e. The number of carbonyl (C=O) groups is 1. The summed E-state index contributed by atoms with van der Waals surface area (Å²) in [6, 6.07) is 15.9. The Balaban J connectivity index is 2.11. The molecule has 2 rings (SSSR count). The number of benzene rings is 2. The van der Waals surface area contributed by atoms with E-state index in [1.165, 1.54) is 0 Å². The van der Waals surface area contributed by atoms with Gasteiger partial charge in [0.1, 0.15) is 0 Å². The summed E-state index contributed by atoms with van der Waals surface area (Å²) in [5.41, 5.74) is 3.29. The van der Waals surface area contributed by atoms with E-state index in [4.69, 9.17) is 0 Å². The Morgan fingerprint density at radius 2 is 1.75 bits per heavy atom. The van der Waals surface area contributed by atoms with Crippen LogP contribution >= 0.6 is 15.9 Å². The van der Waals surface area contributed by atoms with Crippen LogP contribution in [0.2, 0.25) is 0 Å². The van der Waals surface area contributed by atoms with Crippen molar-refractivity contribution in [3.63, 3.8) is 0 Å². The summed E-state index contributed by atoms with van der Waals surface area (Å²) in [6.07, 6.45) is 1.11. The van der Waals surface area contributed by atoms with Crippen LogP contribution in [-0.2, 0) is 17.6 Å². The van der Waals surface area contributed by atoms with Gasteiger partial charge >= 0.3 is 5.97 Å². The molecule has 0 bridgehead atoms. The second-order valence-corrected chi connectivity index (χ2v) is 5.97. The lowest BCUT2D eigenvalue weighted by Crippen LogP contribution is -2.19. The number of hydrogen-bond donors (Lipinski definition) is 1. The zero-order valence-corrected chi connectivity index (χ0v) is 12.9. The van der Waals surface area contributed by atoms with Gasteiger partial charge in [0, 0.05) is 4.47 Å². The molecular weight excluding hydrogens is 316 g/mol. The average molecular weight is 333 g/mol. The van der Waals surface area contributed by atoms with E-state index in [1.54, 1.807) is 0 Å². The van der Waals surface area contributed by atoms with Crippen LogP contribution in [0, 0.1) is 12.8 Å². The molecule has 0 aliphatic carbocycles. The molecule has 0 spiro atoms. The molecule has 2 aromatic carbocycles. The molecule has 1 N–H and O–H groups in total. The van der Waals surface area contributed by atoms with Crippen molar-refractivity contribution >= 4 is 21.9 Å². The summed E-state index contributed by atoms with van der Waals surface area (Å²) in [5, 5.41) is 9.41. The number of aryl methyl sites for hydroxylation is 1. The summed E-state index contributed by atoms with van der Waals surface area (Å²) in [4.78, 5) is 11.5. The summed E-state index contributed by atoms with van der Waals surface area (Å²) in [7, 11) is 0. The summed E-state index contributed by atoms with van der Waals surface area (Å²) < 4.78 is 1.01. The van der Waals surface area contributed by atoms with Gasteiger partial charge in [0.05, 0.1) is 5.92 Å². The number of hydrogen-bond acceptors (Lipinski definition) is 1. The normalized spacial score (nSPS) is 12.1. The van der Waals surface area contributed by atoms with E-state index in [-0.39, 0.29) is 0 Å². The molecule has 2 nitrogen and oxygen atoms in total. The van der Waals surface area contributed by atoms with Crippen LogP contribution in [0.3, 0.4) is 0 Å². The maximum absolute atomic E-state index is 11.5. The van der Waals surface area contributed by atoms with Crippen molar-refractivity contribution in [3.05, 3.63) is 69.7 Å². The minimum atomic E-state index is -0.741. The Bertz CT molecular complexity index is 590. The van der Waals surface area contributed by atoms with Crippen LogP contribution in [0.1, 0.15) is 16.7 Å². The van der Waals surface area contributed by atoms with Gasteiger partial charge in [0.2, 0.25) is 0 Å². The molecule has 0 saturated carbocycles. The number of carboxylic acid groups (broad SMARTS) is 1. The van der Waals surface area contributed by atoms with E-state index < -0.39 is 11.9 Å². The Hall–Kier alpha value is -1.61. The summed E-state index contributed by atoms with van der Waals surface area (Å²) >= 11 is 3.39. The lowest BCUT2D eigenvalue weighted by atomic mass is 9.92. The molecule has 0 amide bonds. The molecule has 0 aliphatic rings. The molecular formula is C17H17BrO2. The van der Waals surface area contributed by atoms with Gasteiger partial charge in [-0.05, 0) is 43.0 Å². The van der Waals surface area contributed by atoms with Crippen LogP contribution in [0.25, 0.3) is 0 Å². The van der Waals surface area contributed by atoms with Crippen molar-refractivity contribution in [2.24, 2.45) is 5.92 Å². The van der Waals surface area contributed by atoms with Crippen LogP contribution in [0.4, 0.5) is 0 Å². The first-order valence-electron chi connectivity index (χ1n) is 6.57. The van der Waals surface area contributed by atoms with Gasteiger partial charge in [-0.15, -0.1) is 0 Å². The molecule has 0 radical (unpaired) electrons. The monoisotopic (exact) mass is 332 g/mol. The standard InChI is InChI=1S/C17H17BrO2/c1-12-3-2-4-14(9-12)11-15(17(19)20)10-13-5-7-16(18)8-6-13/h2-9,15H,10-11H2,1H3,(H,19,20). The number of rotatable bonds is 5. The fourth-order valence-corrected chi connectivity index (χ4v) is 2.54. The minimum absolute atomic E-state index is 0.391. The third-order valence-electron chi connectivity index (χ3n) is 3.31. The Kier molecular flexibility index (Phi) is 4.96. The second kappa shape index (κ2) is 6.71. The Morgan fingerprint density at radius 1 is 1.10 bits per heavy atom. The van der Waals surface area contributed by atoms with Crippen molar-refractivity contribution < 1.29 is 9.90 Å². The van der Waals surface area contributed by atoms with Gasteiger partial charge in [-0.25, -0.2) is 0 Å². The van der Waals surface area contributed by atoms with E-state index in [2.05, 4.69) is 22.0 Å². The largest absolute Gasteiger partial charge is 0.481 e. The van der Waals surface area contributed by atoms with Crippen LogP contribution < -0.4 is 0 Å². The molecule has 3 heteroatoms. The van der Waals surface area contributed by atoms with Crippen molar-refractivity contribution in [2.45, 2.75) is 19.8 Å². The van der Waals surface area contributed by atoms with Gasteiger partial charge in [-0.2, -0.15) is 0 Å². The fraction of sp³-hybridized carbons (Fsp3) is 0.235. The summed E-state index contributed by atoms with van der Waals surface area (Å²) in [6.45, 7) is 2.02. The average Bonchev–Trinajstić information content (AvgIpc) is 2.40. The van der Waals surface area contributed by atoms with Crippen molar-refractivity contribution in [2.75, 3.05) is 0 Å². The molecule has 0 aromatic heterocycles. The van der Waals surface area contributed by atoms with E-state index in [9.17, 15) is 9.90 Å². The number of carboxylic acids is 1. The first kappa shape index (κ1) is 14.8. The predicted octanol–water partition coefficient (Wildman–Crippen LogP) is 4.24. The first-order valence-corrected chi connectivity index (χ1v) is 7.36. The highest BCUT2D eigenvalue weighted by Crippen LogP contribution is 2.18. The van der Waals surface area contributed by atoms with Gasteiger partial charge in [0.15, 0.2) is 0 Å². The molecule has 0 saturated heterocycles. The fourth-order valence-electron chi connectivity index (χ4n) is 2.28. The van der Waals surface area contributed by atoms with Crippen molar-refractivity contribution in [1.29, 1.82) is 0 Å². The van der Waals surface area contributed by atoms with Gasteiger partial charge < -0.3 is 5.11 Å². The van der Waals surface area contributed by atoms with E-state index >= 15 is 0 Å². The summed E-state index contributed by atoms with van der Waals surface area (Å²) in [5.74, 6) is -1.13. The molecule has 0 fully saturated rings. The molecule has 0 aliphatic heterocycles. The molecule has 20 heavy (non-hydrogen) atoms. The second-order valence-electron chi connectivity index (χ2n) is 5.06. The highest BCUT2D eigenvalue weighted by molar-refractivity contribution is 9.10. The topological polar surface area (TPSA) is 37.3 Å². The van der Waals surface area contributed by atoms with Crippen molar-refractivity contribution in [1.82, 2.24) is 0 Å². The smallest absolute Gasteiger partial charge is 0.307 e. The third kappa shape index (κ3) is 4.20. The zero-order chi connectivity index (χ0) is 14.5. The Labute approximate surface area is 127 Å². The Morgan fingerprint density at radius 3 is 2.35 bits per heavy atom. The SMILES string of the molecule is Cc1cccc(CC(Cc2ccc(Br)cc2)C(=O)O)c1. The van der Waals surface area contributed by atoms with Crippen LogP contribution in [0.5, 0.6) is 0 Å². The molecule has 0 heterocycles. The van der Waals surface area contributed by atoms with Crippen LogP contribution in [0.15, 0.2) is 53.0 Å². The highest BCUT2D eigenvalue weighted by atomic mass is 79.9. The quantitative estimate of drug-likeness (QED) is 0.888. The van der Waals surface area contributed by atoms with Gasteiger partial charge in [-0.1, -0.05) is 57.9 Å². The predicted molar refractivity (Wildman–Crippen MR) is 83.9 cm³/mol. The van der Waals surface area contributed by atoms with E-state index in [0.29, 0.717) is 12.8 Å². The van der Waals surface area contributed by atoms with E-state index in [1.807, 2.05) is 49.4 Å². The molecule has 104 valence electrons. The lowest BCUT2D eigenvalue weighted by molar-refractivity contribution is -0.141. The zero-order valence-electron chi connectivity index (χ0n) is 11.3.